The summed E-state index contributed by atoms with van der Waals surface area (Å²) in [5.74, 6) is -0.954. The van der Waals surface area contributed by atoms with Gasteiger partial charge in [0.15, 0.2) is 0 Å². The summed E-state index contributed by atoms with van der Waals surface area (Å²) in [6, 6.07) is 19.0. The monoisotopic (exact) mass is 447 g/mol. The second kappa shape index (κ2) is 8.41. The maximum Gasteiger partial charge on any atom is 0.343 e. The molecule has 8 nitrogen and oxygen atoms in total. The molecule has 9 heteroatoms. The molecule has 158 valence electrons. The van der Waals surface area contributed by atoms with Crippen molar-refractivity contribution in [1.82, 2.24) is 0 Å². The van der Waals surface area contributed by atoms with E-state index >= 15 is 0 Å². The lowest BCUT2D eigenvalue weighted by Crippen LogP contribution is -2.21. The highest BCUT2D eigenvalue weighted by atomic mass is 35.5. The van der Waals surface area contributed by atoms with Crippen molar-refractivity contribution >= 4 is 23.3 Å². The van der Waals surface area contributed by atoms with Gasteiger partial charge in [0.05, 0.1) is 16.4 Å². The molecule has 0 aliphatic carbocycles. The number of carbonyl (C=O) groups is 1. The van der Waals surface area contributed by atoms with Crippen LogP contribution in [-0.4, -0.2) is 10.9 Å². The standard InChI is InChI=1S/C23H14ClN3O5/c24-15-5-1-4-14(9-15)23(28)31-17-7-8-18-20(11-17)32-22(26)19(12-25)21(18)13-3-2-6-16(10-13)27(29)30/h1-11,21H,26H2. The third-order valence-corrected chi connectivity index (χ3v) is 5.11. The summed E-state index contributed by atoms with van der Waals surface area (Å²) in [5, 5.41) is 21.2. The summed E-state index contributed by atoms with van der Waals surface area (Å²) in [6.45, 7) is 0. The molecule has 32 heavy (non-hydrogen) atoms. The lowest BCUT2D eigenvalue weighted by molar-refractivity contribution is -0.384. The Morgan fingerprint density at radius 3 is 2.66 bits per heavy atom. The number of non-ortho nitro benzene ring substituents is 1. The Labute approximate surface area is 187 Å². The molecule has 2 N–H and O–H groups in total. The van der Waals surface area contributed by atoms with Gasteiger partial charge in [0, 0.05) is 28.8 Å². The first-order valence-corrected chi connectivity index (χ1v) is 9.69. The Balaban J connectivity index is 1.72. The van der Waals surface area contributed by atoms with Gasteiger partial charge in [0.2, 0.25) is 5.88 Å². The van der Waals surface area contributed by atoms with Crippen LogP contribution in [0.15, 0.2) is 78.2 Å². The average Bonchev–Trinajstić information content (AvgIpc) is 2.78. The number of nitrogens with two attached hydrogens (primary N) is 1. The summed E-state index contributed by atoms with van der Waals surface area (Å²) in [6.07, 6.45) is 0. The quantitative estimate of drug-likeness (QED) is 0.266. The van der Waals surface area contributed by atoms with Gasteiger partial charge in [-0.05, 0) is 29.8 Å². The summed E-state index contributed by atoms with van der Waals surface area (Å²) in [7, 11) is 0. The first-order valence-electron chi connectivity index (χ1n) is 9.31. The highest BCUT2D eigenvalue weighted by Crippen LogP contribution is 2.44. The van der Waals surface area contributed by atoms with Crippen molar-refractivity contribution in [2.45, 2.75) is 5.92 Å². The van der Waals surface area contributed by atoms with Crippen LogP contribution in [0.4, 0.5) is 5.69 Å². The highest BCUT2D eigenvalue weighted by molar-refractivity contribution is 6.30. The van der Waals surface area contributed by atoms with E-state index in [0.717, 1.165) is 0 Å². The van der Waals surface area contributed by atoms with Crippen LogP contribution in [0.5, 0.6) is 11.5 Å². The van der Waals surface area contributed by atoms with Crippen LogP contribution in [0, 0.1) is 21.4 Å². The average molecular weight is 448 g/mol. The van der Waals surface area contributed by atoms with E-state index in [1.807, 2.05) is 6.07 Å². The molecule has 4 rings (SSSR count). The number of benzene rings is 3. The third-order valence-electron chi connectivity index (χ3n) is 4.88. The predicted molar refractivity (Wildman–Crippen MR) is 115 cm³/mol. The van der Waals surface area contributed by atoms with Crippen LogP contribution in [-0.2, 0) is 0 Å². The third kappa shape index (κ3) is 3.97. The minimum absolute atomic E-state index is 0.113. The van der Waals surface area contributed by atoms with Gasteiger partial charge >= 0.3 is 5.97 Å². The normalized spacial score (nSPS) is 14.7. The fraction of sp³-hybridized carbons (Fsp3) is 0.0435. The number of hydrogen-bond acceptors (Lipinski definition) is 7. The zero-order valence-electron chi connectivity index (χ0n) is 16.3. The number of nitro groups is 1. The van der Waals surface area contributed by atoms with E-state index in [9.17, 15) is 20.2 Å². The summed E-state index contributed by atoms with van der Waals surface area (Å²) in [5.41, 5.74) is 7.32. The van der Waals surface area contributed by atoms with E-state index in [-0.39, 0.29) is 34.2 Å². The van der Waals surface area contributed by atoms with Gasteiger partial charge in [-0.2, -0.15) is 5.26 Å². The molecule has 3 aromatic rings. The number of rotatable bonds is 4. The molecule has 0 bridgehead atoms. The van der Waals surface area contributed by atoms with E-state index in [1.54, 1.807) is 36.4 Å². The number of nitrogens with zero attached hydrogens (tertiary/aromatic N) is 2. The highest BCUT2D eigenvalue weighted by Gasteiger charge is 2.32. The SMILES string of the molecule is N#CC1=C(N)Oc2cc(OC(=O)c3cccc(Cl)c3)ccc2C1c1cccc([N+](=O)[O-])c1. The Morgan fingerprint density at radius 1 is 1.16 bits per heavy atom. The number of nitro benzene ring substituents is 1. The minimum Gasteiger partial charge on any atom is -0.440 e. The van der Waals surface area contributed by atoms with E-state index in [0.29, 0.717) is 16.1 Å². The van der Waals surface area contributed by atoms with Crippen molar-refractivity contribution in [1.29, 1.82) is 5.26 Å². The maximum atomic E-state index is 12.4. The van der Waals surface area contributed by atoms with Crippen LogP contribution in [0.3, 0.4) is 0 Å². The fourth-order valence-corrected chi connectivity index (χ4v) is 3.63. The van der Waals surface area contributed by atoms with Crippen molar-refractivity contribution in [3.8, 4) is 17.6 Å². The van der Waals surface area contributed by atoms with Crippen LogP contribution in [0.1, 0.15) is 27.4 Å². The molecule has 1 aliphatic rings. The van der Waals surface area contributed by atoms with Gasteiger partial charge in [-0.25, -0.2) is 4.79 Å². The Morgan fingerprint density at radius 2 is 1.94 bits per heavy atom. The Hall–Kier alpha value is -4.35. The van der Waals surface area contributed by atoms with Crippen molar-refractivity contribution in [2.75, 3.05) is 0 Å². The molecule has 0 spiro atoms. The van der Waals surface area contributed by atoms with E-state index in [1.165, 1.54) is 30.3 Å². The van der Waals surface area contributed by atoms with Crippen molar-refractivity contribution in [3.05, 3.63) is 110 Å². The van der Waals surface area contributed by atoms with Crippen molar-refractivity contribution < 1.29 is 19.2 Å². The predicted octanol–water partition coefficient (Wildman–Crippen LogP) is 4.69. The number of allylic oxidation sites excluding steroid dienone is 1. The molecule has 3 aromatic carbocycles. The second-order valence-corrected chi connectivity index (χ2v) is 7.31. The largest absolute Gasteiger partial charge is 0.440 e. The van der Waals surface area contributed by atoms with Crippen LogP contribution >= 0.6 is 11.6 Å². The molecular weight excluding hydrogens is 434 g/mol. The Bertz CT molecular complexity index is 1330. The number of carbonyl (C=O) groups excluding carboxylic acids is 1. The number of halogens is 1. The van der Waals surface area contributed by atoms with Crippen LogP contribution in [0.25, 0.3) is 0 Å². The van der Waals surface area contributed by atoms with Crippen molar-refractivity contribution in [2.24, 2.45) is 5.73 Å². The number of esters is 1. The van der Waals surface area contributed by atoms with Gasteiger partial charge in [-0.15, -0.1) is 0 Å². The molecule has 1 unspecified atom stereocenters. The number of ether oxygens (including phenoxy) is 2. The van der Waals surface area contributed by atoms with E-state index < -0.39 is 16.8 Å². The number of nitriles is 1. The fourth-order valence-electron chi connectivity index (χ4n) is 3.44. The van der Waals surface area contributed by atoms with Gasteiger partial charge in [0.1, 0.15) is 23.1 Å². The summed E-state index contributed by atoms with van der Waals surface area (Å²) < 4.78 is 11.0. The second-order valence-electron chi connectivity index (χ2n) is 6.88. The smallest absolute Gasteiger partial charge is 0.343 e. The molecule has 1 aliphatic heterocycles. The molecule has 0 radical (unpaired) electrons. The van der Waals surface area contributed by atoms with Gasteiger partial charge in [-0.3, -0.25) is 10.1 Å². The minimum atomic E-state index is -0.679. The van der Waals surface area contributed by atoms with Gasteiger partial charge in [0.25, 0.3) is 5.69 Å². The first kappa shape index (κ1) is 20.9. The molecular formula is C23H14ClN3O5. The Kier molecular flexibility index (Phi) is 5.50. The van der Waals surface area contributed by atoms with Crippen molar-refractivity contribution in [3.63, 3.8) is 0 Å². The molecule has 0 saturated carbocycles. The maximum absolute atomic E-state index is 12.4. The zero-order valence-corrected chi connectivity index (χ0v) is 17.1. The first-order chi connectivity index (χ1) is 15.4. The molecule has 1 heterocycles. The molecule has 0 fully saturated rings. The van der Waals surface area contributed by atoms with Gasteiger partial charge < -0.3 is 15.2 Å². The molecule has 0 aromatic heterocycles. The number of hydrogen-bond donors (Lipinski definition) is 1. The van der Waals surface area contributed by atoms with Crippen LogP contribution in [0.2, 0.25) is 5.02 Å². The molecule has 1 atom stereocenters. The van der Waals surface area contributed by atoms with E-state index in [2.05, 4.69) is 0 Å². The zero-order chi connectivity index (χ0) is 22.8. The topological polar surface area (TPSA) is 128 Å². The number of fused-ring (bicyclic) bond motifs is 1. The van der Waals surface area contributed by atoms with E-state index in [4.69, 9.17) is 26.8 Å². The summed E-state index contributed by atoms with van der Waals surface area (Å²) >= 11 is 5.92. The molecule has 0 amide bonds. The lowest BCUT2D eigenvalue weighted by atomic mass is 9.83. The van der Waals surface area contributed by atoms with Crippen LogP contribution < -0.4 is 15.2 Å². The van der Waals surface area contributed by atoms with Gasteiger partial charge in [-0.1, -0.05) is 35.9 Å². The molecule has 0 saturated heterocycles. The lowest BCUT2D eigenvalue weighted by Gasteiger charge is -2.26. The summed E-state index contributed by atoms with van der Waals surface area (Å²) in [4.78, 5) is 23.1.